The van der Waals surface area contributed by atoms with Gasteiger partial charge in [0.15, 0.2) is 0 Å². The monoisotopic (exact) mass is 417 g/mol. The third-order valence-electron chi connectivity index (χ3n) is 5.56. The summed E-state index contributed by atoms with van der Waals surface area (Å²) in [5.41, 5.74) is 4.99. The van der Waals surface area contributed by atoms with E-state index in [-0.39, 0.29) is 12.6 Å². The topological polar surface area (TPSA) is 74.4 Å². The highest BCUT2D eigenvalue weighted by Crippen LogP contribution is 2.31. The molecule has 6 heteroatoms. The summed E-state index contributed by atoms with van der Waals surface area (Å²) in [6.07, 6.45) is 2.22. The molecule has 6 nitrogen and oxygen atoms in total. The number of ether oxygens (including phenoxy) is 1. The second-order valence-electron chi connectivity index (χ2n) is 7.94. The molecule has 4 rings (SSSR count). The number of aromatic nitrogens is 1. The van der Waals surface area contributed by atoms with Gasteiger partial charge in [-0.3, -0.25) is 4.90 Å². The SMILES string of the molecule is CCOC(=O)C1=CN(C(=O)Nc2ccc(C(C)C)cc2)CCc2c1[nH]c1ccccc21. The number of carbonyl (C=O) groups is 2. The number of hydrogen-bond acceptors (Lipinski definition) is 3. The number of aromatic amines is 1. The van der Waals surface area contributed by atoms with Crippen LogP contribution in [0.3, 0.4) is 0 Å². The largest absolute Gasteiger partial charge is 0.462 e. The lowest BCUT2D eigenvalue weighted by atomic mass is 10.0. The number of H-pyrrole nitrogens is 1. The molecule has 2 heterocycles. The first-order valence-electron chi connectivity index (χ1n) is 10.6. The van der Waals surface area contributed by atoms with E-state index < -0.39 is 5.97 Å². The van der Waals surface area contributed by atoms with Gasteiger partial charge in [-0.25, -0.2) is 9.59 Å². The Morgan fingerprint density at radius 3 is 2.58 bits per heavy atom. The Bertz CT molecular complexity index is 1140. The zero-order valence-electron chi connectivity index (χ0n) is 18.1. The average molecular weight is 418 g/mol. The Balaban J connectivity index is 1.64. The van der Waals surface area contributed by atoms with Gasteiger partial charge in [0.1, 0.15) is 0 Å². The van der Waals surface area contributed by atoms with Crippen molar-refractivity contribution < 1.29 is 14.3 Å². The molecule has 0 fully saturated rings. The molecule has 2 aromatic carbocycles. The summed E-state index contributed by atoms with van der Waals surface area (Å²) < 4.78 is 5.29. The molecule has 31 heavy (non-hydrogen) atoms. The van der Waals surface area contributed by atoms with Crippen LogP contribution in [0.5, 0.6) is 0 Å². The van der Waals surface area contributed by atoms with E-state index in [0.29, 0.717) is 30.1 Å². The average Bonchev–Trinajstić information content (AvgIpc) is 3.01. The van der Waals surface area contributed by atoms with Gasteiger partial charge in [-0.2, -0.15) is 0 Å². The van der Waals surface area contributed by atoms with Gasteiger partial charge in [0, 0.05) is 29.3 Å². The van der Waals surface area contributed by atoms with Crippen molar-refractivity contribution in [1.29, 1.82) is 0 Å². The molecular formula is C25H27N3O3. The molecule has 160 valence electrons. The Kier molecular flexibility index (Phi) is 5.80. The number of para-hydroxylation sites is 1. The van der Waals surface area contributed by atoms with Gasteiger partial charge in [-0.1, -0.05) is 44.2 Å². The number of anilines is 1. The van der Waals surface area contributed by atoms with Crippen LogP contribution < -0.4 is 5.32 Å². The zero-order chi connectivity index (χ0) is 22.0. The first-order valence-corrected chi connectivity index (χ1v) is 10.6. The van der Waals surface area contributed by atoms with Crippen molar-refractivity contribution >= 4 is 34.2 Å². The Hall–Kier alpha value is -3.54. The molecule has 1 aromatic heterocycles. The van der Waals surface area contributed by atoms with E-state index >= 15 is 0 Å². The summed E-state index contributed by atoms with van der Waals surface area (Å²) in [5.74, 6) is -0.0226. The molecule has 2 N–H and O–H groups in total. The summed E-state index contributed by atoms with van der Waals surface area (Å²) in [4.78, 5) is 30.6. The van der Waals surface area contributed by atoms with E-state index in [1.165, 1.54) is 5.56 Å². The Morgan fingerprint density at radius 2 is 1.87 bits per heavy atom. The van der Waals surface area contributed by atoms with Crippen LogP contribution in [0.2, 0.25) is 0 Å². The minimum Gasteiger partial charge on any atom is -0.462 e. The maximum Gasteiger partial charge on any atom is 0.341 e. The van der Waals surface area contributed by atoms with Gasteiger partial charge in [-0.05, 0) is 48.6 Å². The number of urea groups is 1. The Morgan fingerprint density at radius 1 is 1.13 bits per heavy atom. The van der Waals surface area contributed by atoms with Crippen molar-refractivity contribution in [2.24, 2.45) is 0 Å². The lowest BCUT2D eigenvalue weighted by molar-refractivity contribution is -0.136. The quantitative estimate of drug-likeness (QED) is 0.567. The summed E-state index contributed by atoms with van der Waals surface area (Å²) >= 11 is 0. The predicted molar refractivity (Wildman–Crippen MR) is 123 cm³/mol. The molecular weight excluding hydrogens is 390 g/mol. The maximum absolute atomic E-state index is 13.0. The molecule has 0 bridgehead atoms. The van der Waals surface area contributed by atoms with Crippen LogP contribution in [0, 0.1) is 0 Å². The highest BCUT2D eigenvalue weighted by Gasteiger charge is 2.27. The molecule has 0 spiro atoms. The number of benzene rings is 2. The number of nitrogens with zero attached hydrogens (tertiary/aromatic N) is 1. The Labute approximate surface area is 181 Å². The lowest BCUT2D eigenvalue weighted by Crippen LogP contribution is -2.32. The van der Waals surface area contributed by atoms with Gasteiger partial charge in [0.25, 0.3) is 0 Å². The summed E-state index contributed by atoms with van der Waals surface area (Å²) in [6.45, 7) is 6.75. The number of amides is 2. The number of hydrogen-bond donors (Lipinski definition) is 2. The van der Waals surface area contributed by atoms with E-state index in [9.17, 15) is 9.59 Å². The first-order chi connectivity index (χ1) is 15.0. The molecule has 0 unspecified atom stereocenters. The van der Waals surface area contributed by atoms with Gasteiger partial charge >= 0.3 is 12.0 Å². The number of carbonyl (C=O) groups excluding carboxylic acids is 2. The van der Waals surface area contributed by atoms with E-state index in [1.807, 2.05) is 48.5 Å². The summed E-state index contributed by atoms with van der Waals surface area (Å²) in [6, 6.07) is 15.5. The summed E-state index contributed by atoms with van der Waals surface area (Å²) in [5, 5.41) is 3.99. The third kappa shape index (κ3) is 4.19. The standard InChI is InChI=1S/C25H27N3O3/c1-4-31-24(29)21-15-28(25(30)26-18-11-9-17(10-12-18)16(2)3)14-13-20-19-7-5-6-8-22(19)27-23(20)21/h5-12,15-16,27H,4,13-14H2,1-3H3,(H,26,30). The molecule has 0 atom stereocenters. The van der Waals surface area contributed by atoms with Gasteiger partial charge in [0.05, 0.1) is 17.9 Å². The van der Waals surface area contributed by atoms with Crippen molar-refractivity contribution in [3.8, 4) is 0 Å². The molecule has 0 aliphatic carbocycles. The molecule has 0 saturated carbocycles. The minimum atomic E-state index is -0.448. The van der Waals surface area contributed by atoms with E-state index in [0.717, 1.165) is 22.2 Å². The van der Waals surface area contributed by atoms with Crippen LogP contribution in [0.25, 0.3) is 16.5 Å². The highest BCUT2D eigenvalue weighted by atomic mass is 16.5. The fraction of sp³-hybridized carbons (Fsp3) is 0.280. The van der Waals surface area contributed by atoms with Crippen molar-refractivity contribution in [1.82, 2.24) is 9.88 Å². The van der Waals surface area contributed by atoms with Crippen molar-refractivity contribution in [2.75, 3.05) is 18.5 Å². The van der Waals surface area contributed by atoms with Crippen LogP contribution in [-0.2, 0) is 16.0 Å². The van der Waals surface area contributed by atoms with E-state index in [2.05, 4.69) is 24.1 Å². The van der Waals surface area contributed by atoms with E-state index in [1.54, 1.807) is 18.0 Å². The van der Waals surface area contributed by atoms with Gasteiger partial charge in [-0.15, -0.1) is 0 Å². The normalized spacial score (nSPS) is 13.5. The number of fused-ring (bicyclic) bond motifs is 3. The van der Waals surface area contributed by atoms with Crippen LogP contribution >= 0.6 is 0 Å². The number of rotatable bonds is 4. The highest BCUT2D eigenvalue weighted by molar-refractivity contribution is 6.18. The molecule has 0 saturated heterocycles. The molecule has 1 aliphatic rings. The van der Waals surface area contributed by atoms with Crippen LogP contribution in [0.4, 0.5) is 10.5 Å². The maximum atomic E-state index is 13.0. The smallest absolute Gasteiger partial charge is 0.341 e. The predicted octanol–water partition coefficient (Wildman–Crippen LogP) is 5.29. The van der Waals surface area contributed by atoms with Crippen molar-refractivity contribution in [3.63, 3.8) is 0 Å². The first kappa shape index (κ1) is 20.7. The van der Waals surface area contributed by atoms with Gasteiger partial charge in [0.2, 0.25) is 0 Å². The fourth-order valence-corrected chi connectivity index (χ4v) is 3.88. The number of nitrogens with one attached hydrogen (secondary N) is 2. The summed E-state index contributed by atoms with van der Waals surface area (Å²) in [7, 11) is 0. The molecule has 0 radical (unpaired) electrons. The molecule has 2 amide bonds. The van der Waals surface area contributed by atoms with Gasteiger partial charge < -0.3 is 15.0 Å². The number of esters is 1. The third-order valence-corrected chi connectivity index (χ3v) is 5.56. The molecule has 1 aliphatic heterocycles. The fourth-order valence-electron chi connectivity index (χ4n) is 3.88. The molecule has 3 aromatic rings. The second kappa shape index (κ2) is 8.68. The van der Waals surface area contributed by atoms with Crippen LogP contribution in [-0.4, -0.2) is 35.0 Å². The zero-order valence-corrected chi connectivity index (χ0v) is 18.1. The van der Waals surface area contributed by atoms with E-state index in [4.69, 9.17) is 4.74 Å². The van der Waals surface area contributed by atoms with Crippen LogP contribution in [0.1, 0.15) is 43.5 Å². The van der Waals surface area contributed by atoms with Crippen molar-refractivity contribution in [2.45, 2.75) is 33.1 Å². The van der Waals surface area contributed by atoms with Crippen molar-refractivity contribution in [3.05, 3.63) is 71.6 Å². The minimum absolute atomic E-state index is 0.264. The lowest BCUT2D eigenvalue weighted by Gasteiger charge is -2.19. The van der Waals surface area contributed by atoms with Crippen LogP contribution in [0.15, 0.2) is 54.7 Å². The second-order valence-corrected chi connectivity index (χ2v) is 7.94.